The molecular formula is C21H25FN10O7P2. The number of hydrogen-bond donors (Lipinski definition) is 4. The van der Waals surface area contributed by atoms with E-state index in [-0.39, 0.29) is 60.5 Å². The first-order valence-corrected chi connectivity index (χ1v) is 14.8. The molecule has 0 radical (unpaired) electrons. The molecule has 0 bridgehead atoms. The number of imidazole rings is 2. The van der Waals surface area contributed by atoms with Gasteiger partial charge in [0, 0.05) is 12.0 Å². The molecule has 9 atom stereocenters. The van der Waals surface area contributed by atoms with E-state index >= 15 is 4.39 Å². The van der Waals surface area contributed by atoms with Crippen LogP contribution in [-0.2, 0) is 22.8 Å². The Morgan fingerprint density at radius 3 is 2.20 bits per heavy atom. The Kier molecular flexibility index (Phi) is 7.13. The molecule has 4 aromatic rings. The van der Waals surface area contributed by atoms with Crippen molar-refractivity contribution in [3.05, 3.63) is 25.3 Å². The SMILES string of the molecule is Nc1ncnc2c1ncn2[C@@H]1C[C@@H]2COP(O)O[C@H]3[C@H](F)[C@H](n4cnc5c(N)ncnc54)O[C@@H]3COP(O)OC[C@H]21. The van der Waals surface area contributed by atoms with Crippen molar-refractivity contribution in [1.29, 1.82) is 0 Å². The third-order valence-corrected chi connectivity index (χ3v) is 9.19. The molecule has 6 heterocycles. The second kappa shape index (κ2) is 10.8. The van der Waals surface area contributed by atoms with Gasteiger partial charge in [-0.05, 0) is 12.3 Å². The number of ether oxygens (including phenoxy) is 1. The van der Waals surface area contributed by atoms with Crippen LogP contribution in [0.4, 0.5) is 16.0 Å². The smallest absolute Gasteiger partial charge is 0.330 e. The Morgan fingerprint density at radius 1 is 0.829 bits per heavy atom. The van der Waals surface area contributed by atoms with E-state index in [0.29, 0.717) is 17.6 Å². The normalized spacial score (nSPS) is 34.8. The average molecular weight is 610 g/mol. The van der Waals surface area contributed by atoms with E-state index in [1.807, 2.05) is 4.57 Å². The van der Waals surface area contributed by atoms with Crippen LogP contribution in [0.25, 0.3) is 22.3 Å². The second-order valence-corrected chi connectivity index (χ2v) is 11.8. The van der Waals surface area contributed by atoms with Crippen LogP contribution in [0.1, 0.15) is 18.7 Å². The molecule has 0 amide bonds. The fourth-order valence-corrected chi connectivity index (χ4v) is 6.99. The van der Waals surface area contributed by atoms with Gasteiger partial charge in [0.1, 0.15) is 35.9 Å². The lowest BCUT2D eigenvalue weighted by Crippen LogP contribution is -2.43. The monoisotopic (exact) mass is 610 g/mol. The van der Waals surface area contributed by atoms with Crippen LogP contribution in [0, 0.1) is 11.8 Å². The first-order valence-electron chi connectivity index (χ1n) is 12.6. The highest BCUT2D eigenvalue weighted by molar-refractivity contribution is 7.40. The van der Waals surface area contributed by atoms with Crippen LogP contribution in [0.3, 0.4) is 0 Å². The van der Waals surface area contributed by atoms with Crippen LogP contribution in [-0.4, -0.2) is 87.0 Å². The van der Waals surface area contributed by atoms with Gasteiger partial charge in [0.15, 0.2) is 35.3 Å². The number of rotatable bonds is 2. The Hall–Kier alpha value is -2.79. The summed E-state index contributed by atoms with van der Waals surface area (Å²) in [5, 5.41) is 0. The van der Waals surface area contributed by atoms with E-state index in [4.69, 9.17) is 34.3 Å². The zero-order chi connectivity index (χ0) is 28.2. The Balaban J connectivity index is 1.09. The Labute approximate surface area is 233 Å². The molecular weight excluding hydrogens is 585 g/mol. The van der Waals surface area contributed by atoms with E-state index in [2.05, 4.69) is 29.9 Å². The number of hydrogen-bond acceptors (Lipinski definition) is 15. The van der Waals surface area contributed by atoms with E-state index in [1.54, 1.807) is 6.33 Å². The maximum absolute atomic E-state index is 15.8. The maximum atomic E-state index is 15.8. The minimum atomic E-state index is -2.48. The van der Waals surface area contributed by atoms with Gasteiger partial charge in [-0.1, -0.05) is 0 Å². The first kappa shape index (κ1) is 27.1. The molecule has 1 saturated carbocycles. The molecule has 0 spiro atoms. The van der Waals surface area contributed by atoms with Gasteiger partial charge in [0.05, 0.1) is 32.5 Å². The van der Waals surface area contributed by atoms with Crippen molar-refractivity contribution in [3.8, 4) is 0 Å². The summed E-state index contributed by atoms with van der Waals surface area (Å²) in [6.07, 6.45) is 0.894. The van der Waals surface area contributed by atoms with Gasteiger partial charge in [0.2, 0.25) is 0 Å². The predicted octanol–water partition coefficient (Wildman–Crippen LogP) is 1.13. The van der Waals surface area contributed by atoms with Crippen molar-refractivity contribution in [1.82, 2.24) is 39.0 Å². The maximum Gasteiger partial charge on any atom is 0.330 e. The van der Waals surface area contributed by atoms with E-state index in [1.165, 1.54) is 23.5 Å². The zero-order valence-electron chi connectivity index (χ0n) is 21.1. The summed E-state index contributed by atoms with van der Waals surface area (Å²) in [5.74, 6) is 0.184. The molecule has 3 fully saturated rings. The standard InChI is InChI=1S/C21H25FN10O7P2/c22-13-16-12(38-21(13)32-8-30-15-18(24)26-6-28-20(15)32)4-37-40(33)36-3-10-9(2-35-41(34)39-16)1-11(10)31-7-29-14-17(23)25-5-27-19(14)31/h5-13,16,21,33-34H,1-4H2,(H2,23,25,27)(H2,24,26,28)/t9-,10-,11-,12-,13+,16-,21-,40?,41?/m1/s1. The number of nitrogen functional groups attached to an aromatic ring is 2. The lowest BCUT2D eigenvalue weighted by Gasteiger charge is -2.45. The number of halogens is 1. The van der Waals surface area contributed by atoms with Crippen LogP contribution in [0.15, 0.2) is 25.3 Å². The summed E-state index contributed by atoms with van der Waals surface area (Å²) >= 11 is 0. The number of nitrogens with zero attached hydrogens (tertiary/aromatic N) is 8. The van der Waals surface area contributed by atoms with Gasteiger partial charge in [-0.15, -0.1) is 0 Å². The summed E-state index contributed by atoms with van der Waals surface area (Å²) in [5.41, 5.74) is 13.4. The van der Waals surface area contributed by atoms with Gasteiger partial charge in [-0.2, -0.15) is 0 Å². The molecule has 7 rings (SSSR count). The van der Waals surface area contributed by atoms with Crippen molar-refractivity contribution in [2.45, 2.75) is 37.1 Å². The van der Waals surface area contributed by atoms with Crippen molar-refractivity contribution >= 4 is 51.2 Å². The van der Waals surface area contributed by atoms with Gasteiger partial charge in [-0.3, -0.25) is 4.57 Å². The molecule has 4 aromatic heterocycles. The summed E-state index contributed by atoms with van der Waals surface area (Å²) in [6.45, 7) is -0.0465. The van der Waals surface area contributed by atoms with Crippen molar-refractivity contribution < 1.29 is 37.0 Å². The summed E-state index contributed by atoms with van der Waals surface area (Å²) in [6, 6.07) is -0.0937. The Bertz CT molecular complexity index is 1570. The zero-order valence-corrected chi connectivity index (χ0v) is 22.9. The number of alkyl halides is 1. The molecule has 2 unspecified atom stereocenters. The van der Waals surface area contributed by atoms with Crippen molar-refractivity contribution in [2.75, 3.05) is 31.3 Å². The molecule has 3 aliphatic rings. The summed E-state index contributed by atoms with van der Waals surface area (Å²) in [7, 11) is -4.83. The highest BCUT2D eigenvalue weighted by atomic mass is 31.2. The van der Waals surface area contributed by atoms with Gasteiger partial charge in [0.25, 0.3) is 0 Å². The summed E-state index contributed by atoms with van der Waals surface area (Å²) < 4.78 is 47.5. The van der Waals surface area contributed by atoms with Crippen LogP contribution in [0.5, 0.6) is 0 Å². The molecule has 2 aliphatic heterocycles. The van der Waals surface area contributed by atoms with E-state index < -0.39 is 41.8 Å². The van der Waals surface area contributed by atoms with Gasteiger partial charge >= 0.3 is 17.2 Å². The van der Waals surface area contributed by atoms with E-state index in [9.17, 15) is 9.79 Å². The van der Waals surface area contributed by atoms with Gasteiger partial charge < -0.3 is 48.7 Å². The van der Waals surface area contributed by atoms with Crippen LogP contribution in [0.2, 0.25) is 0 Å². The lowest BCUT2D eigenvalue weighted by atomic mass is 9.70. The van der Waals surface area contributed by atoms with Gasteiger partial charge in [-0.25, -0.2) is 34.3 Å². The fourth-order valence-electron chi connectivity index (χ4n) is 5.50. The molecule has 2 saturated heterocycles. The van der Waals surface area contributed by atoms with Crippen molar-refractivity contribution in [3.63, 3.8) is 0 Å². The number of anilines is 2. The third kappa shape index (κ3) is 4.78. The predicted molar refractivity (Wildman–Crippen MR) is 140 cm³/mol. The quantitative estimate of drug-likeness (QED) is 0.233. The molecule has 20 heteroatoms. The van der Waals surface area contributed by atoms with Crippen LogP contribution >= 0.6 is 17.2 Å². The summed E-state index contributed by atoms with van der Waals surface area (Å²) in [4.78, 5) is 46.0. The first-order chi connectivity index (χ1) is 19.9. The lowest BCUT2D eigenvalue weighted by molar-refractivity contribution is -0.0423. The average Bonchev–Trinajstić information content (AvgIpc) is 3.64. The molecule has 6 N–H and O–H groups in total. The largest absolute Gasteiger partial charge is 0.382 e. The minimum absolute atomic E-state index is 0.0754. The fraction of sp³-hybridized carbons (Fsp3) is 0.524. The highest BCUT2D eigenvalue weighted by Gasteiger charge is 2.50. The number of fused-ring (bicyclic) bond motifs is 4. The van der Waals surface area contributed by atoms with Crippen molar-refractivity contribution in [2.24, 2.45) is 11.8 Å². The molecule has 218 valence electrons. The van der Waals surface area contributed by atoms with Crippen LogP contribution < -0.4 is 11.5 Å². The third-order valence-electron chi connectivity index (χ3n) is 7.65. The highest BCUT2D eigenvalue weighted by Crippen LogP contribution is 2.51. The van der Waals surface area contributed by atoms with E-state index in [0.717, 1.165) is 0 Å². The molecule has 41 heavy (non-hydrogen) atoms. The molecule has 1 aliphatic carbocycles. The molecule has 0 aromatic carbocycles. The number of aromatic nitrogens is 8. The number of nitrogens with two attached hydrogens (primary N) is 2. The minimum Gasteiger partial charge on any atom is -0.382 e. The topological polar surface area (TPSA) is 226 Å². The second-order valence-electron chi connectivity index (χ2n) is 9.84. The molecule has 17 nitrogen and oxygen atoms in total. The Morgan fingerprint density at radius 2 is 1.46 bits per heavy atom.